The summed E-state index contributed by atoms with van der Waals surface area (Å²) in [6, 6.07) is 11.3. The Hall–Kier alpha value is -2.66. The number of nitrogens with one attached hydrogen (secondary N) is 1. The fourth-order valence-electron chi connectivity index (χ4n) is 2.03. The van der Waals surface area contributed by atoms with Gasteiger partial charge in [-0.05, 0) is 30.3 Å². The lowest BCUT2D eigenvalue weighted by molar-refractivity contribution is 0.102. The molecule has 0 spiro atoms. The molecule has 4 nitrogen and oxygen atoms in total. The molecule has 1 aromatic heterocycles. The van der Waals surface area contributed by atoms with Gasteiger partial charge < -0.3 is 9.88 Å². The largest absolute Gasteiger partial charge is 0.322 e. The van der Waals surface area contributed by atoms with Gasteiger partial charge in [0, 0.05) is 23.8 Å². The minimum Gasteiger partial charge on any atom is -0.322 e. The van der Waals surface area contributed by atoms with Crippen LogP contribution in [0.2, 0.25) is 5.02 Å². The molecule has 0 unspecified atom stereocenters. The lowest BCUT2D eigenvalue weighted by atomic mass is 10.2. The molecule has 0 radical (unpaired) electrons. The van der Waals surface area contributed by atoms with E-state index in [1.54, 1.807) is 36.9 Å². The molecule has 6 heteroatoms. The van der Waals surface area contributed by atoms with Crippen LogP contribution in [-0.4, -0.2) is 15.5 Å². The molecular weight excluding hydrogens is 305 g/mol. The van der Waals surface area contributed by atoms with Crippen LogP contribution in [0.5, 0.6) is 0 Å². The Morgan fingerprint density at radius 3 is 2.82 bits per heavy atom. The maximum absolute atomic E-state index is 13.4. The number of amides is 1. The first-order valence-corrected chi connectivity index (χ1v) is 6.87. The number of hydrogen-bond acceptors (Lipinski definition) is 2. The van der Waals surface area contributed by atoms with E-state index in [1.807, 2.05) is 10.6 Å². The SMILES string of the molecule is O=C(Nc1cccc(-n2ccnc2)c1)c1cccc(F)c1Cl. The van der Waals surface area contributed by atoms with Crippen LogP contribution >= 0.6 is 11.6 Å². The minimum absolute atomic E-state index is 0.0923. The fraction of sp³-hybridized carbons (Fsp3) is 0. The molecule has 3 aromatic rings. The second-order valence-electron chi connectivity index (χ2n) is 4.58. The normalized spacial score (nSPS) is 10.5. The van der Waals surface area contributed by atoms with Crippen molar-refractivity contribution in [1.29, 1.82) is 0 Å². The summed E-state index contributed by atoms with van der Waals surface area (Å²) in [6.45, 7) is 0. The molecule has 0 aliphatic carbocycles. The van der Waals surface area contributed by atoms with Crippen molar-refractivity contribution in [2.24, 2.45) is 0 Å². The summed E-state index contributed by atoms with van der Waals surface area (Å²) < 4.78 is 15.2. The number of imidazole rings is 1. The Bertz CT molecular complexity index is 818. The lowest BCUT2D eigenvalue weighted by Gasteiger charge is -2.09. The van der Waals surface area contributed by atoms with Gasteiger partial charge in [-0.2, -0.15) is 0 Å². The Kier molecular flexibility index (Phi) is 3.89. The molecule has 2 aromatic carbocycles. The predicted molar refractivity (Wildman–Crippen MR) is 82.9 cm³/mol. The molecule has 0 aliphatic rings. The van der Waals surface area contributed by atoms with Gasteiger partial charge in [-0.25, -0.2) is 9.37 Å². The van der Waals surface area contributed by atoms with Crippen LogP contribution < -0.4 is 5.32 Å². The van der Waals surface area contributed by atoms with Gasteiger partial charge >= 0.3 is 0 Å². The average molecular weight is 316 g/mol. The monoisotopic (exact) mass is 315 g/mol. The molecule has 0 fully saturated rings. The van der Waals surface area contributed by atoms with Gasteiger partial charge in [-0.15, -0.1) is 0 Å². The quantitative estimate of drug-likeness (QED) is 0.796. The third-order valence-electron chi connectivity index (χ3n) is 3.10. The van der Waals surface area contributed by atoms with Crippen LogP contribution in [0, 0.1) is 5.82 Å². The van der Waals surface area contributed by atoms with Crippen molar-refractivity contribution < 1.29 is 9.18 Å². The number of benzene rings is 2. The number of rotatable bonds is 3. The van der Waals surface area contributed by atoms with Gasteiger partial charge in [0.2, 0.25) is 0 Å². The standard InChI is InChI=1S/C16H11ClFN3O/c17-15-13(5-2-6-14(15)18)16(22)20-11-3-1-4-12(9-11)21-8-7-19-10-21/h1-10H,(H,20,22). The zero-order chi connectivity index (χ0) is 15.5. The van der Waals surface area contributed by atoms with Crippen molar-refractivity contribution >= 4 is 23.2 Å². The molecule has 1 heterocycles. The maximum Gasteiger partial charge on any atom is 0.257 e. The van der Waals surface area contributed by atoms with Gasteiger partial charge in [-0.3, -0.25) is 4.79 Å². The average Bonchev–Trinajstić information content (AvgIpc) is 3.04. The van der Waals surface area contributed by atoms with E-state index in [1.165, 1.54) is 18.2 Å². The Labute approximate surface area is 131 Å². The molecule has 0 bridgehead atoms. The van der Waals surface area contributed by atoms with Crippen LogP contribution in [0.4, 0.5) is 10.1 Å². The number of halogens is 2. The van der Waals surface area contributed by atoms with E-state index in [-0.39, 0.29) is 10.6 Å². The van der Waals surface area contributed by atoms with Crippen LogP contribution in [-0.2, 0) is 0 Å². The zero-order valence-electron chi connectivity index (χ0n) is 11.3. The van der Waals surface area contributed by atoms with Gasteiger partial charge in [-0.1, -0.05) is 23.7 Å². The van der Waals surface area contributed by atoms with Gasteiger partial charge in [0.25, 0.3) is 5.91 Å². The van der Waals surface area contributed by atoms with E-state index < -0.39 is 11.7 Å². The van der Waals surface area contributed by atoms with Gasteiger partial charge in [0.05, 0.1) is 16.9 Å². The molecule has 3 rings (SSSR count). The van der Waals surface area contributed by atoms with Crippen LogP contribution in [0.15, 0.2) is 61.2 Å². The van der Waals surface area contributed by atoms with Crippen molar-refractivity contribution in [3.8, 4) is 5.69 Å². The van der Waals surface area contributed by atoms with Crippen molar-refractivity contribution in [3.63, 3.8) is 0 Å². The fourth-order valence-corrected chi connectivity index (χ4v) is 2.25. The van der Waals surface area contributed by atoms with Crippen LogP contribution in [0.1, 0.15) is 10.4 Å². The molecular formula is C16H11ClFN3O. The highest BCUT2D eigenvalue weighted by molar-refractivity contribution is 6.34. The Balaban J connectivity index is 1.86. The Morgan fingerprint density at radius 2 is 2.05 bits per heavy atom. The number of aromatic nitrogens is 2. The van der Waals surface area contributed by atoms with Crippen molar-refractivity contribution in [1.82, 2.24) is 9.55 Å². The van der Waals surface area contributed by atoms with Gasteiger partial charge in [0.15, 0.2) is 0 Å². The molecule has 110 valence electrons. The summed E-state index contributed by atoms with van der Waals surface area (Å²) in [7, 11) is 0. The molecule has 0 saturated heterocycles. The topological polar surface area (TPSA) is 46.9 Å². The van der Waals surface area contributed by atoms with Crippen molar-refractivity contribution in [2.45, 2.75) is 0 Å². The smallest absolute Gasteiger partial charge is 0.257 e. The van der Waals surface area contributed by atoms with E-state index in [0.717, 1.165) is 5.69 Å². The first-order chi connectivity index (χ1) is 10.6. The van der Waals surface area contributed by atoms with E-state index in [0.29, 0.717) is 5.69 Å². The zero-order valence-corrected chi connectivity index (χ0v) is 12.1. The van der Waals surface area contributed by atoms with Crippen molar-refractivity contribution in [2.75, 3.05) is 5.32 Å². The third kappa shape index (κ3) is 2.84. The number of anilines is 1. The molecule has 0 saturated carbocycles. The summed E-state index contributed by atoms with van der Waals surface area (Å²) in [5.74, 6) is -1.09. The number of carbonyl (C=O) groups excluding carboxylic acids is 1. The third-order valence-corrected chi connectivity index (χ3v) is 3.49. The van der Waals surface area contributed by atoms with Crippen LogP contribution in [0.25, 0.3) is 5.69 Å². The van der Waals surface area contributed by atoms with Crippen LogP contribution in [0.3, 0.4) is 0 Å². The molecule has 1 amide bonds. The highest BCUT2D eigenvalue weighted by Crippen LogP contribution is 2.21. The van der Waals surface area contributed by atoms with E-state index in [4.69, 9.17) is 11.6 Å². The van der Waals surface area contributed by atoms with E-state index >= 15 is 0 Å². The minimum atomic E-state index is -0.624. The highest BCUT2D eigenvalue weighted by atomic mass is 35.5. The summed E-state index contributed by atoms with van der Waals surface area (Å²) in [5.41, 5.74) is 1.52. The van der Waals surface area contributed by atoms with Gasteiger partial charge in [0.1, 0.15) is 5.82 Å². The second-order valence-corrected chi connectivity index (χ2v) is 4.95. The maximum atomic E-state index is 13.4. The number of hydrogen-bond donors (Lipinski definition) is 1. The predicted octanol–water partition coefficient (Wildman–Crippen LogP) is 3.92. The first-order valence-electron chi connectivity index (χ1n) is 6.49. The summed E-state index contributed by atoms with van der Waals surface area (Å²) in [5, 5.41) is 2.52. The van der Waals surface area contributed by atoms with Crippen molar-refractivity contribution in [3.05, 3.63) is 77.6 Å². The summed E-state index contributed by atoms with van der Waals surface area (Å²) in [6.07, 6.45) is 5.12. The molecule has 0 aliphatic heterocycles. The summed E-state index contributed by atoms with van der Waals surface area (Å²) >= 11 is 5.82. The first kappa shape index (κ1) is 14.3. The Morgan fingerprint density at radius 1 is 1.23 bits per heavy atom. The van der Waals surface area contributed by atoms with E-state index in [9.17, 15) is 9.18 Å². The lowest BCUT2D eigenvalue weighted by Crippen LogP contribution is -2.13. The second kappa shape index (κ2) is 5.99. The summed E-state index contributed by atoms with van der Waals surface area (Å²) in [4.78, 5) is 16.2. The number of nitrogens with zero attached hydrogens (tertiary/aromatic N) is 2. The van der Waals surface area contributed by atoms with E-state index in [2.05, 4.69) is 10.3 Å². The molecule has 1 N–H and O–H groups in total. The molecule has 22 heavy (non-hydrogen) atoms. The molecule has 0 atom stereocenters. The highest BCUT2D eigenvalue weighted by Gasteiger charge is 2.13. The number of carbonyl (C=O) groups is 1.